The average molecular weight is 171 g/mol. The zero-order chi connectivity index (χ0) is 8.85. The molecule has 0 radical (unpaired) electrons. The van der Waals surface area contributed by atoms with Gasteiger partial charge < -0.3 is 0 Å². The van der Waals surface area contributed by atoms with E-state index in [2.05, 4.69) is 12.8 Å². The van der Waals surface area contributed by atoms with Gasteiger partial charge in [-0.15, -0.1) is 12.8 Å². The molecule has 0 amide bonds. The normalized spacial score (nSPS) is 8.09. The Morgan fingerprint density at radius 3 is 2.27 bits per heavy atom. The molecule has 0 bridgehead atoms. The molecule has 0 aliphatic heterocycles. The minimum Gasteiger partial charge on any atom is -0.207 e. The molecule has 0 fully saturated rings. The lowest BCUT2D eigenvalue weighted by Crippen LogP contribution is -1.80. The third-order valence-electron chi connectivity index (χ3n) is 1.20. The molecule has 0 nitrogen and oxygen atoms in total. The van der Waals surface area contributed by atoms with Crippen molar-refractivity contribution in [3.63, 3.8) is 0 Å². The van der Waals surface area contributed by atoms with Crippen molar-refractivity contribution in [2.24, 2.45) is 0 Å². The summed E-state index contributed by atoms with van der Waals surface area (Å²) < 4.78 is 12.5. The van der Waals surface area contributed by atoms with E-state index in [1.165, 1.54) is 6.07 Å². The standard InChI is InChI=1S/C7H6ClF.C2H2/c1-5-6(8)3-2-4-7(5)9;1-2/h2-4H,1H3;1-2H. The summed E-state index contributed by atoms with van der Waals surface area (Å²) in [5.74, 6) is -0.248. The Labute approximate surface area is 71.0 Å². The van der Waals surface area contributed by atoms with Gasteiger partial charge >= 0.3 is 0 Å². The van der Waals surface area contributed by atoms with E-state index in [0.717, 1.165) is 0 Å². The summed E-state index contributed by atoms with van der Waals surface area (Å²) in [6, 6.07) is 4.64. The SMILES string of the molecule is C#C.Cc1c(F)cccc1Cl. The third kappa shape index (κ3) is 2.61. The molecule has 0 saturated heterocycles. The second-order valence-electron chi connectivity index (χ2n) is 1.85. The van der Waals surface area contributed by atoms with E-state index >= 15 is 0 Å². The van der Waals surface area contributed by atoms with Crippen LogP contribution in [0.1, 0.15) is 5.56 Å². The Morgan fingerprint density at radius 1 is 1.36 bits per heavy atom. The molecule has 2 heteroatoms. The molecular weight excluding hydrogens is 163 g/mol. The quantitative estimate of drug-likeness (QED) is 0.525. The van der Waals surface area contributed by atoms with Crippen LogP contribution in [0, 0.1) is 25.6 Å². The fraction of sp³-hybridized carbons (Fsp3) is 0.111. The van der Waals surface area contributed by atoms with Gasteiger partial charge in [-0.3, -0.25) is 0 Å². The number of rotatable bonds is 0. The van der Waals surface area contributed by atoms with Crippen molar-refractivity contribution in [3.05, 3.63) is 34.6 Å². The Balaban J connectivity index is 0.000000461. The van der Waals surface area contributed by atoms with Gasteiger partial charge in [-0.25, -0.2) is 4.39 Å². The van der Waals surface area contributed by atoms with E-state index in [1.54, 1.807) is 19.1 Å². The third-order valence-corrected chi connectivity index (χ3v) is 1.61. The first-order valence-electron chi connectivity index (χ1n) is 2.96. The van der Waals surface area contributed by atoms with Crippen LogP contribution in [-0.2, 0) is 0 Å². The molecule has 0 aliphatic carbocycles. The Hall–Kier alpha value is -1.00. The lowest BCUT2D eigenvalue weighted by molar-refractivity contribution is 0.618. The summed E-state index contributed by atoms with van der Waals surface area (Å²) in [6.45, 7) is 1.65. The maximum Gasteiger partial charge on any atom is 0.127 e. The Bertz CT molecular complexity index is 233. The largest absolute Gasteiger partial charge is 0.207 e. The van der Waals surface area contributed by atoms with Crippen LogP contribution in [0.25, 0.3) is 0 Å². The van der Waals surface area contributed by atoms with E-state index < -0.39 is 0 Å². The Morgan fingerprint density at radius 2 is 1.91 bits per heavy atom. The topological polar surface area (TPSA) is 0 Å². The van der Waals surface area contributed by atoms with Crippen LogP contribution in [0.4, 0.5) is 4.39 Å². The molecule has 1 aromatic rings. The highest BCUT2D eigenvalue weighted by Gasteiger charge is 1.97. The highest BCUT2D eigenvalue weighted by atomic mass is 35.5. The number of halogens is 2. The molecule has 1 rings (SSSR count). The molecule has 0 aromatic heterocycles. The second-order valence-corrected chi connectivity index (χ2v) is 2.25. The predicted molar refractivity (Wildman–Crippen MR) is 46.0 cm³/mol. The maximum atomic E-state index is 12.5. The highest BCUT2D eigenvalue weighted by Crippen LogP contribution is 2.16. The van der Waals surface area contributed by atoms with Crippen molar-refractivity contribution < 1.29 is 4.39 Å². The molecule has 0 atom stereocenters. The van der Waals surface area contributed by atoms with Crippen LogP contribution >= 0.6 is 11.6 Å². The van der Waals surface area contributed by atoms with Crippen molar-refractivity contribution in [1.82, 2.24) is 0 Å². The van der Waals surface area contributed by atoms with Crippen LogP contribution in [0.3, 0.4) is 0 Å². The fourth-order valence-electron chi connectivity index (χ4n) is 0.581. The molecular formula is C9H8ClF. The van der Waals surface area contributed by atoms with Gasteiger partial charge in [0.25, 0.3) is 0 Å². The highest BCUT2D eigenvalue weighted by molar-refractivity contribution is 6.31. The lowest BCUT2D eigenvalue weighted by Gasteiger charge is -1.95. The summed E-state index contributed by atoms with van der Waals surface area (Å²) in [6.07, 6.45) is 8.00. The monoisotopic (exact) mass is 170 g/mol. The minimum absolute atomic E-state index is 0.248. The zero-order valence-electron chi connectivity index (χ0n) is 6.14. The van der Waals surface area contributed by atoms with E-state index in [9.17, 15) is 4.39 Å². The van der Waals surface area contributed by atoms with Gasteiger partial charge in [0.15, 0.2) is 0 Å². The molecule has 0 unspecified atom stereocenters. The summed E-state index contributed by atoms with van der Waals surface area (Å²) in [5, 5.41) is 0.481. The first-order chi connectivity index (χ1) is 5.22. The number of terminal acetylenes is 1. The summed E-state index contributed by atoms with van der Waals surface area (Å²) in [5.41, 5.74) is 0.513. The zero-order valence-corrected chi connectivity index (χ0v) is 6.90. The van der Waals surface area contributed by atoms with Crippen molar-refractivity contribution in [3.8, 4) is 12.8 Å². The molecule has 58 valence electrons. The molecule has 11 heavy (non-hydrogen) atoms. The smallest absolute Gasteiger partial charge is 0.127 e. The van der Waals surface area contributed by atoms with Crippen LogP contribution in [0.15, 0.2) is 18.2 Å². The van der Waals surface area contributed by atoms with Gasteiger partial charge in [0, 0.05) is 10.6 Å². The van der Waals surface area contributed by atoms with Gasteiger partial charge in [-0.05, 0) is 19.1 Å². The lowest BCUT2D eigenvalue weighted by atomic mass is 10.2. The summed E-state index contributed by atoms with van der Waals surface area (Å²) in [7, 11) is 0. The molecule has 0 spiro atoms. The van der Waals surface area contributed by atoms with E-state index in [0.29, 0.717) is 10.6 Å². The molecule has 0 N–H and O–H groups in total. The fourth-order valence-corrected chi connectivity index (χ4v) is 0.744. The van der Waals surface area contributed by atoms with Gasteiger partial charge in [0.2, 0.25) is 0 Å². The van der Waals surface area contributed by atoms with Crippen LogP contribution < -0.4 is 0 Å². The number of hydrogen-bond acceptors (Lipinski definition) is 0. The number of benzene rings is 1. The molecule has 1 aromatic carbocycles. The van der Waals surface area contributed by atoms with E-state index in [4.69, 9.17) is 11.6 Å². The van der Waals surface area contributed by atoms with Gasteiger partial charge in [-0.2, -0.15) is 0 Å². The van der Waals surface area contributed by atoms with Crippen molar-refractivity contribution in [1.29, 1.82) is 0 Å². The van der Waals surface area contributed by atoms with Crippen molar-refractivity contribution in [2.45, 2.75) is 6.92 Å². The average Bonchev–Trinajstić information content (AvgIpc) is 2.04. The second kappa shape index (κ2) is 4.76. The van der Waals surface area contributed by atoms with Crippen LogP contribution in [-0.4, -0.2) is 0 Å². The van der Waals surface area contributed by atoms with Gasteiger partial charge in [-0.1, -0.05) is 17.7 Å². The molecule has 0 aliphatic rings. The first kappa shape index (κ1) is 10.0. The summed E-state index contributed by atoms with van der Waals surface area (Å²) in [4.78, 5) is 0. The van der Waals surface area contributed by atoms with Gasteiger partial charge in [0.05, 0.1) is 0 Å². The van der Waals surface area contributed by atoms with Crippen molar-refractivity contribution >= 4 is 11.6 Å². The molecule has 0 saturated carbocycles. The van der Waals surface area contributed by atoms with E-state index in [1.807, 2.05) is 0 Å². The van der Waals surface area contributed by atoms with Crippen LogP contribution in [0.2, 0.25) is 5.02 Å². The summed E-state index contributed by atoms with van der Waals surface area (Å²) >= 11 is 5.57. The maximum absolute atomic E-state index is 12.5. The van der Waals surface area contributed by atoms with Gasteiger partial charge in [0.1, 0.15) is 5.82 Å². The number of hydrogen-bond donors (Lipinski definition) is 0. The first-order valence-corrected chi connectivity index (χ1v) is 3.33. The molecule has 0 heterocycles. The van der Waals surface area contributed by atoms with Crippen LogP contribution in [0.5, 0.6) is 0 Å². The van der Waals surface area contributed by atoms with Crippen molar-refractivity contribution in [2.75, 3.05) is 0 Å². The Kier molecular flexibility index (Phi) is 4.33. The predicted octanol–water partition coefficient (Wildman–Crippen LogP) is 3.04. The minimum atomic E-state index is -0.248. The van der Waals surface area contributed by atoms with E-state index in [-0.39, 0.29) is 5.82 Å².